The van der Waals surface area contributed by atoms with Crippen molar-refractivity contribution < 1.29 is 14.3 Å². The predicted octanol–water partition coefficient (Wildman–Crippen LogP) is 2.43. The molecule has 1 N–H and O–H groups in total. The number of likely N-dealkylation sites (tertiary alicyclic amines) is 1. The molecule has 0 aromatic heterocycles. The third-order valence-electron chi connectivity index (χ3n) is 5.67. The van der Waals surface area contributed by atoms with Crippen LogP contribution in [0.3, 0.4) is 0 Å². The van der Waals surface area contributed by atoms with Crippen molar-refractivity contribution in [3.05, 3.63) is 29.8 Å². The van der Waals surface area contributed by atoms with Gasteiger partial charge in [0.25, 0.3) is 5.91 Å². The topological polar surface area (TPSA) is 61.9 Å². The smallest absolute Gasteiger partial charge is 0.256 e. The van der Waals surface area contributed by atoms with Crippen molar-refractivity contribution in [1.82, 2.24) is 10.2 Å². The summed E-state index contributed by atoms with van der Waals surface area (Å²) in [5, 5.41) is 3.02. The maximum absolute atomic E-state index is 13.2. The number of methoxy groups -OCH3 is 1. The van der Waals surface area contributed by atoms with Gasteiger partial charge < -0.3 is 19.9 Å². The Kier molecular flexibility index (Phi) is 6.72. The molecule has 2 saturated heterocycles. The molecule has 2 heterocycles. The highest BCUT2D eigenvalue weighted by Crippen LogP contribution is 2.27. The Morgan fingerprint density at radius 2 is 1.85 bits per heavy atom. The Morgan fingerprint density at radius 1 is 1.11 bits per heavy atom. The van der Waals surface area contributed by atoms with E-state index in [1.54, 1.807) is 0 Å². The molecule has 2 aliphatic heterocycles. The average molecular weight is 373 g/mol. The minimum atomic E-state index is -0.0642. The first-order valence-corrected chi connectivity index (χ1v) is 10.0. The lowest BCUT2D eigenvalue weighted by Gasteiger charge is -2.37. The van der Waals surface area contributed by atoms with E-state index in [2.05, 4.69) is 17.1 Å². The molecule has 1 aromatic rings. The molecular weight excluding hydrogens is 342 g/mol. The van der Waals surface area contributed by atoms with Crippen LogP contribution in [0.25, 0.3) is 0 Å². The Hall–Kier alpha value is -2.08. The van der Waals surface area contributed by atoms with E-state index in [0.29, 0.717) is 6.04 Å². The number of benzene rings is 1. The van der Waals surface area contributed by atoms with Crippen molar-refractivity contribution in [2.75, 3.05) is 38.3 Å². The molecule has 0 spiro atoms. The highest BCUT2D eigenvalue weighted by atomic mass is 16.5. The molecule has 0 aliphatic carbocycles. The summed E-state index contributed by atoms with van der Waals surface area (Å²) in [5.74, 6) is 0.0823. The first-order valence-electron chi connectivity index (χ1n) is 10.0. The number of rotatable bonds is 5. The van der Waals surface area contributed by atoms with Crippen LogP contribution in [0.5, 0.6) is 0 Å². The van der Waals surface area contributed by atoms with Crippen LogP contribution in [0.1, 0.15) is 49.4 Å². The number of para-hydroxylation sites is 1. The van der Waals surface area contributed by atoms with Gasteiger partial charge in [-0.25, -0.2) is 0 Å². The van der Waals surface area contributed by atoms with E-state index in [9.17, 15) is 9.59 Å². The zero-order valence-corrected chi connectivity index (χ0v) is 16.4. The lowest BCUT2D eigenvalue weighted by atomic mass is 10.00. The highest BCUT2D eigenvalue weighted by Gasteiger charge is 2.28. The van der Waals surface area contributed by atoms with Gasteiger partial charge in [-0.15, -0.1) is 0 Å². The normalized spacial score (nSPS) is 21.2. The molecule has 0 radical (unpaired) electrons. The summed E-state index contributed by atoms with van der Waals surface area (Å²) in [6.07, 6.45) is 5.12. The van der Waals surface area contributed by atoms with E-state index in [1.807, 2.05) is 29.2 Å². The molecule has 2 fully saturated rings. The maximum Gasteiger partial charge on any atom is 0.256 e. The highest BCUT2D eigenvalue weighted by molar-refractivity contribution is 6.00. The number of nitrogens with zero attached hydrogens (tertiary/aromatic N) is 2. The van der Waals surface area contributed by atoms with Crippen LogP contribution in [-0.4, -0.2) is 62.1 Å². The number of nitrogens with one attached hydrogen (secondary N) is 1. The Morgan fingerprint density at radius 3 is 2.56 bits per heavy atom. The van der Waals surface area contributed by atoms with Gasteiger partial charge in [-0.2, -0.15) is 0 Å². The van der Waals surface area contributed by atoms with E-state index in [4.69, 9.17) is 4.74 Å². The van der Waals surface area contributed by atoms with Crippen LogP contribution in [0.15, 0.2) is 24.3 Å². The van der Waals surface area contributed by atoms with Gasteiger partial charge >= 0.3 is 0 Å². The van der Waals surface area contributed by atoms with Gasteiger partial charge in [0.1, 0.15) is 6.61 Å². The number of carbonyl (C=O) groups is 2. The molecule has 6 nitrogen and oxygen atoms in total. The summed E-state index contributed by atoms with van der Waals surface area (Å²) in [4.78, 5) is 29.2. The van der Waals surface area contributed by atoms with Gasteiger partial charge in [-0.05, 0) is 51.2 Å². The second kappa shape index (κ2) is 9.22. The standard InChI is InChI=1S/C21H31N3O3/c1-16-7-5-6-12-24(16)21(26)18-8-3-4-9-19(18)23-13-10-17(11-14-23)22-20(25)15-27-2/h3-4,8-9,16-17H,5-7,10-15H2,1-2H3,(H,22,25)/t16-/m0/s1. The minimum absolute atomic E-state index is 0.0642. The van der Waals surface area contributed by atoms with Crippen molar-refractivity contribution in [2.45, 2.75) is 51.1 Å². The Labute approximate surface area is 161 Å². The number of ether oxygens (including phenoxy) is 1. The molecule has 148 valence electrons. The van der Waals surface area contributed by atoms with E-state index >= 15 is 0 Å². The number of piperidine rings is 2. The van der Waals surface area contributed by atoms with E-state index in [1.165, 1.54) is 13.5 Å². The van der Waals surface area contributed by atoms with Crippen LogP contribution in [0.4, 0.5) is 5.69 Å². The van der Waals surface area contributed by atoms with Gasteiger partial charge in [0, 0.05) is 44.5 Å². The molecule has 0 unspecified atom stereocenters. The van der Waals surface area contributed by atoms with E-state index < -0.39 is 0 Å². The van der Waals surface area contributed by atoms with Gasteiger partial charge in [-0.1, -0.05) is 12.1 Å². The van der Waals surface area contributed by atoms with Gasteiger partial charge in [0.05, 0.1) is 5.56 Å². The third-order valence-corrected chi connectivity index (χ3v) is 5.67. The SMILES string of the molecule is COCC(=O)NC1CCN(c2ccccc2C(=O)N2CCCC[C@@H]2C)CC1. The number of anilines is 1. The molecule has 3 rings (SSSR count). The van der Waals surface area contributed by atoms with Crippen LogP contribution in [0.2, 0.25) is 0 Å². The Balaban J connectivity index is 1.66. The van der Waals surface area contributed by atoms with Crippen molar-refractivity contribution in [2.24, 2.45) is 0 Å². The zero-order valence-electron chi connectivity index (χ0n) is 16.4. The van der Waals surface area contributed by atoms with Gasteiger partial charge in [0.15, 0.2) is 0 Å². The maximum atomic E-state index is 13.2. The van der Waals surface area contributed by atoms with Crippen molar-refractivity contribution >= 4 is 17.5 Å². The fraction of sp³-hybridized carbons (Fsp3) is 0.619. The van der Waals surface area contributed by atoms with Crippen molar-refractivity contribution in [1.29, 1.82) is 0 Å². The summed E-state index contributed by atoms with van der Waals surface area (Å²) < 4.78 is 4.88. The predicted molar refractivity (Wildman–Crippen MR) is 106 cm³/mol. The summed E-state index contributed by atoms with van der Waals surface area (Å²) in [6.45, 7) is 4.76. The second-order valence-electron chi connectivity index (χ2n) is 7.62. The molecule has 0 bridgehead atoms. The molecule has 1 atom stereocenters. The van der Waals surface area contributed by atoms with Crippen LogP contribution < -0.4 is 10.2 Å². The van der Waals surface area contributed by atoms with Crippen LogP contribution in [0, 0.1) is 0 Å². The Bertz CT molecular complexity index is 656. The number of amides is 2. The molecule has 1 aromatic carbocycles. The van der Waals surface area contributed by atoms with Gasteiger partial charge in [0.2, 0.25) is 5.91 Å². The minimum Gasteiger partial charge on any atom is -0.375 e. The fourth-order valence-electron chi connectivity index (χ4n) is 4.15. The summed E-state index contributed by atoms with van der Waals surface area (Å²) in [6, 6.07) is 8.42. The number of carbonyl (C=O) groups excluding carboxylic acids is 2. The summed E-state index contributed by atoms with van der Waals surface area (Å²) in [5.41, 5.74) is 1.81. The summed E-state index contributed by atoms with van der Waals surface area (Å²) in [7, 11) is 1.53. The number of hydrogen-bond donors (Lipinski definition) is 1. The molecule has 2 amide bonds. The van der Waals surface area contributed by atoms with Crippen LogP contribution >= 0.6 is 0 Å². The van der Waals surface area contributed by atoms with Crippen LogP contribution in [-0.2, 0) is 9.53 Å². The average Bonchev–Trinajstić information content (AvgIpc) is 2.69. The molecule has 6 heteroatoms. The first-order chi connectivity index (χ1) is 13.1. The first kappa shape index (κ1) is 19.7. The van der Waals surface area contributed by atoms with Crippen molar-refractivity contribution in [3.8, 4) is 0 Å². The molecular formula is C21H31N3O3. The van der Waals surface area contributed by atoms with Crippen molar-refractivity contribution in [3.63, 3.8) is 0 Å². The second-order valence-corrected chi connectivity index (χ2v) is 7.62. The molecule has 2 aliphatic rings. The molecule has 27 heavy (non-hydrogen) atoms. The lowest BCUT2D eigenvalue weighted by molar-refractivity contribution is -0.125. The fourth-order valence-corrected chi connectivity index (χ4v) is 4.15. The summed E-state index contributed by atoms with van der Waals surface area (Å²) >= 11 is 0. The lowest BCUT2D eigenvalue weighted by Crippen LogP contribution is -2.46. The van der Waals surface area contributed by atoms with Gasteiger partial charge in [-0.3, -0.25) is 9.59 Å². The zero-order chi connectivity index (χ0) is 19.2. The third kappa shape index (κ3) is 4.80. The van der Waals surface area contributed by atoms with E-state index in [0.717, 1.165) is 56.6 Å². The largest absolute Gasteiger partial charge is 0.375 e. The number of hydrogen-bond acceptors (Lipinski definition) is 4. The molecule has 0 saturated carbocycles. The monoisotopic (exact) mass is 373 g/mol. The van der Waals surface area contributed by atoms with E-state index in [-0.39, 0.29) is 24.5 Å². The quantitative estimate of drug-likeness (QED) is 0.861.